The lowest BCUT2D eigenvalue weighted by molar-refractivity contribution is 0.252. The van der Waals surface area contributed by atoms with Crippen LogP contribution >= 0.6 is 34.9 Å². The quantitative estimate of drug-likeness (QED) is 0.490. The van der Waals surface area contributed by atoms with E-state index in [4.69, 9.17) is 4.42 Å². The lowest BCUT2D eigenvalue weighted by atomic mass is 10.2. The molecular formula is C15H15F2N5OS3. The van der Waals surface area contributed by atoms with Crippen LogP contribution in [0.4, 0.5) is 19.6 Å². The summed E-state index contributed by atoms with van der Waals surface area (Å²) in [6.07, 6.45) is 0. The smallest absolute Gasteiger partial charge is 0.288 e. The molecule has 0 aliphatic rings. The molecule has 0 spiro atoms. The predicted octanol–water partition coefficient (Wildman–Crippen LogP) is 5.40. The maximum atomic E-state index is 12.3. The van der Waals surface area contributed by atoms with Crippen LogP contribution in [0.15, 0.2) is 37.9 Å². The molecule has 0 bridgehead atoms. The van der Waals surface area contributed by atoms with Crippen LogP contribution in [0.25, 0.3) is 0 Å². The topological polar surface area (TPSA) is 76.7 Å². The second-order valence-electron chi connectivity index (χ2n) is 5.38. The van der Waals surface area contributed by atoms with Crippen LogP contribution in [0, 0.1) is 0 Å². The van der Waals surface area contributed by atoms with E-state index in [2.05, 4.69) is 25.7 Å². The first-order valence-corrected chi connectivity index (χ1v) is 10.3. The molecule has 0 radical (unpaired) electrons. The summed E-state index contributed by atoms with van der Waals surface area (Å²) in [5.74, 6) is -0.534. The van der Waals surface area contributed by atoms with Gasteiger partial charge in [0.2, 0.25) is 16.9 Å². The summed E-state index contributed by atoms with van der Waals surface area (Å²) in [4.78, 5) is 0.513. The molecule has 0 amide bonds. The van der Waals surface area contributed by atoms with E-state index >= 15 is 0 Å². The van der Waals surface area contributed by atoms with Crippen molar-refractivity contribution in [2.24, 2.45) is 0 Å². The number of benzene rings is 1. The van der Waals surface area contributed by atoms with Crippen molar-refractivity contribution in [2.75, 3.05) is 5.32 Å². The van der Waals surface area contributed by atoms with Crippen molar-refractivity contribution in [1.82, 2.24) is 20.4 Å². The van der Waals surface area contributed by atoms with Crippen molar-refractivity contribution in [3.63, 3.8) is 0 Å². The Morgan fingerprint density at radius 3 is 2.54 bits per heavy atom. The Morgan fingerprint density at radius 2 is 1.88 bits per heavy atom. The van der Waals surface area contributed by atoms with Crippen molar-refractivity contribution >= 4 is 45.7 Å². The van der Waals surface area contributed by atoms with E-state index in [1.807, 2.05) is 13.8 Å². The third-order valence-corrected chi connectivity index (χ3v) is 5.71. The van der Waals surface area contributed by atoms with E-state index in [0.717, 1.165) is 10.0 Å². The Kier molecular flexibility index (Phi) is 6.43. The SMILES string of the molecule is CC(C)c1nnc(CSc2nnc(Nc3ccc(SC(F)F)cc3)s2)o1. The zero-order valence-electron chi connectivity index (χ0n) is 13.8. The minimum atomic E-state index is -2.42. The standard InChI is InChI=1S/C15H15F2N5OS3/c1-8(2)12-20-19-11(23-12)7-24-15-22-21-14(26-15)18-9-3-5-10(6-4-9)25-13(16)17/h3-6,8,13H,7H2,1-2H3,(H,18,21). The number of hydrogen-bond acceptors (Lipinski definition) is 9. The predicted molar refractivity (Wildman–Crippen MR) is 99.4 cm³/mol. The zero-order valence-corrected chi connectivity index (χ0v) is 16.3. The second-order valence-corrected chi connectivity index (χ2v) is 8.64. The molecule has 2 heterocycles. The number of aromatic nitrogens is 4. The van der Waals surface area contributed by atoms with E-state index in [0.29, 0.717) is 39.3 Å². The molecular weight excluding hydrogens is 400 g/mol. The van der Waals surface area contributed by atoms with Gasteiger partial charge in [-0.05, 0) is 24.3 Å². The summed E-state index contributed by atoms with van der Waals surface area (Å²) in [7, 11) is 0. The molecule has 0 aliphatic carbocycles. The maximum absolute atomic E-state index is 12.3. The molecule has 0 saturated heterocycles. The van der Waals surface area contributed by atoms with Crippen LogP contribution in [0.1, 0.15) is 31.5 Å². The normalized spacial score (nSPS) is 11.5. The Hall–Kier alpha value is -1.72. The van der Waals surface area contributed by atoms with E-state index in [1.54, 1.807) is 24.3 Å². The van der Waals surface area contributed by atoms with Crippen molar-refractivity contribution < 1.29 is 13.2 Å². The first kappa shape index (κ1) is 19.1. The van der Waals surface area contributed by atoms with Crippen molar-refractivity contribution in [3.8, 4) is 0 Å². The van der Waals surface area contributed by atoms with Crippen molar-refractivity contribution in [2.45, 2.75) is 40.5 Å². The molecule has 0 aliphatic heterocycles. The average molecular weight is 416 g/mol. The first-order valence-electron chi connectivity index (χ1n) is 7.60. The molecule has 6 nitrogen and oxygen atoms in total. The fourth-order valence-corrected chi connectivity index (χ4v) is 3.95. The van der Waals surface area contributed by atoms with Gasteiger partial charge in [-0.2, -0.15) is 8.78 Å². The molecule has 3 aromatic rings. The van der Waals surface area contributed by atoms with Gasteiger partial charge in [-0.3, -0.25) is 0 Å². The van der Waals surface area contributed by atoms with Crippen LogP contribution < -0.4 is 5.32 Å². The summed E-state index contributed by atoms with van der Waals surface area (Å²) in [5, 5.41) is 19.9. The third-order valence-electron chi connectivity index (χ3n) is 3.03. The number of nitrogens with one attached hydrogen (secondary N) is 1. The fraction of sp³-hybridized carbons (Fsp3) is 0.333. The largest absolute Gasteiger partial charge is 0.424 e. The number of halogens is 2. The van der Waals surface area contributed by atoms with Crippen LogP contribution in [-0.2, 0) is 5.75 Å². The van der Waals surface area contributed by atoms with E-state index in [-0.39, 0.29) is 5.92 Å². The first-order chi connectivity index (χ1) is 12.5. The van der Waals surface area contributed by atoms with Crippen LogP contribution in [0.2, 0.25) is 0 Å². The summed E-state index contributed by atoms with van der Waals surface area (Å²) in [6.45, 7) is 3.98. The summed E-state index contributed by atoms with van der Waals surface area (Å²) in [6, 6.07) is 6.73. The second kappa shape index (κ2) is 8.78. The highest BCUT2D eigenvalue weighted by Gasteiger charge is 2.12. The average Bonchev–Trinajstić information content (AvgIpc) is 3.23. The fourth-order valence-electron chi connectivity index (χ4n) is 1.84. The van der Waals surface area contributed by atoms with E-state index in [9.17, 15) is 8.78 Å². The number of nitrogens with zero attached hydrogens (tertiary/aromatic N) is 4. The van der Waals surface area contributed by atoms with Crippen LogP contribution in [-0.4, -0.2) is 26.2 Å². The minimum absolute atomic E-state index is 0.198. The molecule has 1 aromatic carbocycles. The van der Waals surface area contributed by atoms with E-state index in [1.165, 1.54) is 23.1 Å². The van der Waals surface area contributed by atoms with Gasteiger partial charge >= 0.3 is 0 Å². The van der Waals surface area contributed by atoms with Gasteiger partial charge in [0.1, 0.15) is 0 Å². The Bertz CT molecular complexity index is 838. The molecule has 0 atom stereocenters. The Labute approximate surface area is 161 Å². The van der Waals surface area contributed by atoms with Gasteiger partial charge in [0.25, 0.3) is 5.76 Å². The number of alkyl halides is 2. The lowest BCUT2D eigenvalue weighted by Crippen LogP contribution is -1.89. The third kappa shape index (κ3) is 5.39. The molecule has 0 unspecified atom stereocenters. The van der Waals surface area contributed by atoms with Gasteiger partial charge in [0, 0.05) is 16.5 Å². The number of thioether (sulfide) groups is 2. The van der Waals surface area contributed by atoms with Crippen molar-refractivity contribution in [3.05, 3.63) is 36.0 Å². The van der Waals surface area contributed by atoms with Gasteiger partial charge in [-0.25, -0.2) is 0 Å². The van der Waals surface area contributed by atoms with Gasteiger partial charge in [0.15, 0.2) is 4.34 Å². The summed E-state index contributed by atoms with van der Waals surface area (Å²) < 4.78 is 31.0. The number of rotatable bonds is 8. The number of hydrogen-bond donors (Lipinski definition) is 1. The highest BCUT2D eigenvalue weighted by molar-refractivity contribution is 8.00. The molecule has 1 N–H and O–H groups in total. The minimum Gasteiger partial charge on any atom is -0.424 e. The summed E-state index contributed by atoms with van der Waals surface area (Å²) >= 11 is 3.37. The Morgan fingerprint density at radius 1 is 1.12 bits per heavy atom. The van der Waals surface area contributed by atoms with Gasteiger partial charge in [0.05, 0.1) is 5.75 Å². The molecule has 0 saturated carbocycles. The van der Waals surface area contributed by atoms with Crippen LogP contribution in [0.3, 0.4) is 0 Å². The van der Waals surface area contributed by atoms with Crippen LogP contribution in [0.5, 0.6) is 0 Å². The number of anilines is 2. The van der Waals surface area contributed by atoms with E-state index < -0.39 is 5.76 Å². The molecule has 11 heteroatoms. The summed E-state index contributed by atoms with van der Waals surface area (Å²) in [5.41, 5.74) is 0.759. The highest BCUT2D eigenvalue weighted by atomic mass is 32.2. The molecule has 2 aromatic heterocycles. The molecule has 26 heavy (non-hydrogen) atoms. The molecule has 138 valence electrons. The van der Waals surface area contributed by atoms with Gasteiger partial charge in [-0.15, -0.1) is 20.4 Å². The van der Waals surface area contributed by atoms with Gasteiger partial charge in [-0.1, -0.05) is 48.7 Å². The zero-order chi connectivity index (χ0) is 18.5. The lowest BCUT2D eigenvalue weighted by Gasteiger charge is -2.03. The van der Waals surface area contributed by atoms with Crippen molar-refractivity contribution in [1.29, 1.82) is 0 Å². The monoisotopic (exact) mass is 415 g/mol. The maximum Gasteiger partial charge on any atom is 0.288 e. The van der Waals surface area contributed by atoms with Gasteiger partial charge < -0.3 is 9.73 Å². The molecule has 3 rings (SSSR count). The highest BCUT2D eigenvalue weighted by Crippen LogP contribution is 2.31. The molecule has 0 fully saturated rings. The Balaban J connectivity index is 1.54.